The molecular weight excluding hydrogens is 344 g/mol. The van der Waals surface area contributed by atoms with Crippen LogP contribution < -0.4 is 10.2 Å². The number of hydrogen-bond acceptors (Lipinski definition) is 7. The Morgan fingerprint density at radius 3 is 2.93 bits per heavy atom. The number of amides is 1. The topological polar surface area (TPSA) is 83.5 Å². The quantitative estimate of drug-likeness (QED) is 0.872. The molecule has 27 heavy (non-hydrogen) atoms. The highest BCUT2D eigenvalue weighted by Gasteiger charge is 2.35. The first kappa shape index (κ1) is 17.8. The van der Waals surface area contributed by atoms with Crippen LogP contribution in [0.3, 0.4) is 0 Å². The molecule has 2 saturated heterocycles. The van der Waals surface area contributed by atoms with Gasteiger partial charge in [-0.15, -0.1) is 0 Å². The Bertz CT molecular complexity index is 759. The van der Waals surface area contributed by atoms with Gasteiger partial charge >= 0.3 is 0 Å². The molecule has 0 saturated carbocycles. The van der Waals surface area contributed by atoms with E-state index in [9.17, 15) is 4.79 Å². The van der Waals surface area contributed by atoms with Crippen LogP contribution in [0.5, 0.6) is 0 Å². The number of ether oxygens (including phenoxy) is 1. The number of hydrogen-bond donors (Lipinski definition) is 1. The second kappa shape index (κ2) is 7.98. The predicted molar refractivity (Wildman–Crippen MR) is 99.6 cm³/mol. The zero-order chi connectivity index (χ0) is 18.6. The smallest absolute Gasteiger partial charge is 0.227 e. The zero-order valence-electron chi connectivity index (χ0n) is 15.4. The molecule has 0 bridgehead atoms. The van der Waals surface area contributed by atoms with Crippen LogP contribution in [0.4, 0.5) is 5.82 Å². The lowest BCUT2D eigenvalue weighted by atomic mass is 10.1. The highest BCUT2D eigenvalue weighted by molar-refractivity contribution is 5.77. The first-order chi connectivity index (χ1) is 13.2. The van der Waals surface area contributed by atoms with E-state index < -0.39 is 6.35 Å². The number of nitrogens with zero attached hydrogens (tertiary/aromatic N) is 5. The van der Waals surface area contributed by atoms with Crippen molar-refractivity contribution in [3.8, 4) is 0 Å². The summed E-state index contributed by atoms with van der Waals surface area (Å²) in [4.78, 5) is 29.0. The van der Waals surface area contributed by atoms with Crippen molar-refractivity contribution < 1.29 is 9.53 Å². The Morgan fingerprint density at radius 2 is 2.15 bits per heavy atom. The molecule has 0 radical (unpaired) electrons. The molecule has 1 amide bonds. The number of rotatable bonds is 4. The van der Waals surface area contributed by atoms with E-state index in [-0.39, 0.29) is 18.1 Å². The minimum Gasteiger partial charge on any atom is -0.354 e. The second-order valence-corrected chi connectivity index (χ2v) is 6.95. The van der Waals surface area contributed by atoms with Gasteiger partial charge in [0.2, 0.25) is 5.91 Å². The predicted octanol–water partition coefficient (Wildman–Crippen LogP) is 1.33. The fraction of sp³-hybridized carbons (Fsp3) is 0.474. The fourth-order valence-corrected chi connectivity index (χ4v) is 3.60. The van der Waals surface area contributed by atoms with Crippen molar-refractivity contribution in [2.45, 2.75) is 37.8 Å². The number of aromatic nitrogens is 3. The molecule has 2 fully saturated rings. The average molecular weight is 368 g/mol. The van der Waals surface area contributed by atoms with Crippen LogP contribution in [0.2, 0.25) is 0 Å². The number of anilines is 1. The SMILES string of the molecule is CN1C(=O)CC(c2ccncn2)NC1OC1CCCN(c2ccccn2)C1. The lowest BCUT2D eigenvalue weighted by Crippen LogP contribution is -2.57. The molecule has 0 aromatic carbocycles. The van der Waals surface area contributed by atoms with Gasteiger partial charge in [0.1, 0.15) is 12.1 Å². The molecule has 2 aliphatic rings. The van der Waals surface area contributed by atoms with Gasteiger partial charge in [-0.05, 0) is 31.0 Å². The summed E-state index contributed by atoms with van der Waals surface area (Å²) in [7, 11) is 1.77. The van der Waals surface area contributed by atoms with Crippen molar-refractivity contribution in [1.29, 1.82) is 0 Å². The fourth-order valence-electron chi connectivity index (χ4n) is 3.60. The zero-order valence-corrected chi connectivity index (χ0v) is 15.4. The second-order valence-electron chi connectivity index (χ2n) is 6.95. The lowest BCUT2D eigenvalue weighted by Gasteiger charge is -2.41. The molecular formula is C19H24N6O2. The van der Waals surface area contributed by atoms with Crippen LogP contribution in [0.25, 0.3) is 0 Å². The third-order valence-corrected chi connectivity index (χ3v) is 5.10. The van der Waals surface area contributed by atoms with E-state index in [0.29, 0.717) is 6.42 Å². The van der Waals surface area contributed by atoms with Gasteiger partial charge in [0, 0.05) is 39.0 Å². The van der Waals surface area contributed by atoms with Crippen molar-refractivity contribution in [1.82, 2.24) is 25.2 Å². The summed E-state index contributed by atoms with van der Waals surface area (Å²) in [5, 5.41) is 3.41. The van der Waals surface area contributed by atoms with Crippen LogP contribution >= 0.6 is 0 Å². The normalized spacial score (nSPS) is 26.3. The molecule has 4 rings (SSSR count). The Labute approximate surface area is 158 Å². The van der Waals surface area contributed by atoms with Gasteiger partial charge in [-0.2, -0.15) is 0 Å². The molecule has 0 aliphatic carbocycles. The Kier molecular flexibility index (Phi) is 5.26. The molecule has 142 valence electrons. The molecule has 3 atom stereocenters. The van der Waals surface area contributed by atoms with Crippen molar-refractivity contribution in [2.75, 3.05) is 25.0 Å². The molecule has 2 aromatic rings. The van der Waals surface area contributed by atoms with Gasteiger partial charge in [-0.3, -0.25) is 10.1 Å². The van der Waals surface area contributed by atoms with Crippen LogP contribution in [0.1, 0.15) is 31.0 Å². The van der Waals surface area contributed by atoms with E-state index in [1.165, 1.54) is 6.33 Å². The summed E-state index contributed by atoms with van der Waals surface area (Å²) in [5.41, 5.74) is 0.804. The molecule has 8 nitrogen and oxygen atoms in total. The van der Waals surface area contributed by atoms with Gasteiger partial charge in [0.15, 0.2) is 6.35 Å². The van der Waals surface area contributed by atoms with E-state index in [4.69, 9.17) is 4.74 Å². The van der Waals surface area contributed by atoms with Gasteiger partial charge in [0.05, 0.1) is 17.8 Å². The molecule has 1 N–H and O–H groups in total. The minimum atomic E-state index is -0.472. The van der Waals surface area contributed by atoms with Crippen molar-refractivity contribution >= 4 is 11.7 Å². The molecule has 4 heterocycles. The van der Waals surface area contributed by atoms with Gasteiger partial charge < -0.3 is 14.5 Å². The third-order valence-electron chi connectivity index (χ3n) is 5.10. The van der Waals surface area contributed by atoms with E-state index in [2.05, 4.69) is 25.2 Å². The van der Waals surface area contributed by atoms with Crippen molar-refractivity contribution in [3.63, 3.8) is 0 Å². The summed E-state index contributed by atoms with van der Waals surface area (Å²) in [6.07, 6.45) is 6.90. The molecule has 8 heteroatoms. The summed E-state index contributed by atoms with van der Waals surface area (Å²) < 4.78 is 6.30. The Hall–Kier alpha value is -2.58. The highest BCUT2D eigenvalue weighted by atomic mass is 16.5. The van der Waals surface area contributed by atoms with E-state index in [1.54, 1.807) is 24.3 Å². The van der Waals surface area contributed by atoms with E-state index in [1.807, 2.05) is 24.3 Å². The van der Waals surface area contributed by atoms with E-state index in [0.717, 1.165) is 37.4 Å². The first-order valence-electron chi connectivity index (χ1n) is 9.30. The highest BCUT2D eigenvalue weighted by Crippen LogP contribution is 2.25. The van der Waals surface area contributed by atoms with Crippen molar-refractivity contribution in [2.24, 2.45) is 0 Å². The largest absolute Gasteiger partial charge is 0.354 e. The number of piperidine rings is 1. The maximum atomic E-state index is 12.5. The van der Waals surface area contributed by atoms with E-state index >= 15 is 0 Å². The molecule has 2 aliphatic heterocycles. The summed E-state index contributed by atoms with van der Waals surface area (Å²) in [6.45, 7) is 1.72. The number of pyridine rings is 1. The standard InChI is InChI=1S/C19H24N6O2/c1-24-18(26)11-16(15-7-9-20-13-22-15)23-19(24)27-14-5-4-10-25(12-14)17-6-2-3-8-21-17/h2-3,6-9,13-14,16,19,23H,4-5,10-12H2,1H3. The molecule has 2 aromatic heterocycles. The monoisotopic (exact) mass is 368 g/mol. The van der Waals surface area contributed by atoms with Crippen molar-refractivity contribution in [3.05, 3.63) is 48.7 Å². The lowest BCUT2D eigenvalue weighted by molar-refractivity contribution is -0.166. The Morgan fingerprint density at radius 1 is 1.22 bits per heavy atom. The molecule has 0 spiro atoms. The summed E-state index contributed by atoms with van der Waals surface area (Å²) >= 11 is 0. The average Bonchev–Trinajstić information content (AvgIpc) is 2.73. The van der Waals surface area contributed by atoms with Gasteiger partial charge in [0.25, 0.3) is 0 Å². The number of nitrogens with one attached hydrogen (secondary N) is 1. The number of carbonyl (C=O) groups is 1. The summed E-state index contributed by atoms with van der Waals surface area (Å²) in [5.74, 6) is 1.01. The van der Waals surface area contributed by atoms with Gasteiger partial charge in [-0.25, -0.2) is 15.0 Å². The van der Waals surface area contributed by atoms with Crippen LogP contribution in [-0.2, 0) is 9.53 Å². The first-order valence-corrected chi connectivity index (χ1v) is 9.30. The maximum absolute atomic E-state index is 12.5. The van der Waals surface area contributed by atoms with Crippen LogP contribution in [-0.4, -0.2) is 58.4 Å². The van der Waals surface area contributed by atoms with Crippen LogP contribution in [0.15, 0.2) is 43.0 Å². The van der Waals surface area contributed by atoms with Gasteiger partial charge in [-0.1, -0.05) is 6.07 Å². The summed E-state index contributed by atoms with van der Waals surface area (Å²) in [6, 6.07) is 7.59. The third kappa shape index (κ3) is 4.06. The molecule has 3 unspecified atom stereocenters. The number of carbonyl (C=O) groups excluding carboxylic acids is 1. The minimum absolute atomic E-state index is 0.0256. The Balaban J connectivity index is 1.43. The maximum Gasteiger partial charge on any atom is 0.227 e. The van der Waals surface area contributed by atoms with Crippen LogP contribution in [0, 0.1) is 0 Å².